The van der Waals surface area contributed by atoms with E-state index in [1.165, 1.54) is 0 Å². The van der Waals surface area contributed by atoms with Crippen LogP contribution in [0.1, 0.15) is 92.9 Å². The van der Waals surface area contributed by atoms with Crippen molar-refractivity contribution in [2.75, 3.05) is 0 Å². The van der Waals surface area contributed by atoms with Crippen LogP contribution in [-0.2, 0) is 19.1 Å². The Labute approximate surface area is 172 Å². The van der Waals surface area contributed by atoms with E-state index >= 15 is 0 Å². The Balaban J connectivity index is 4.26. The maximum atomic E-state index is 12.0. The summed E-state index contributed by atoms with van der Waals surface area (Å²) in [6.07, 6.45) is 4.06. The number of unbranched alkanes of at least 4 members (excludes halogenated alkanes) is 1. The highest BCUT2D eigenvalue weighted by Gasteiger charge is 2.15. The number of hydrogen-bond donors (Lipinski definition) is 0. The number of ether oxygens (including phenoxy) is 2. The van der Waals surface area contributed by atoms with E-state index in [9.17, 15) is 9.59 Å². The summed E-state index contributed by atoms with van der Waals surface area (Å²) in [7, 11) is 0. The average molecular weight is 391 g/mol. The first-order valence-electron chi connectivity index (χ1n) is 10.6. The SMILES string of the molecule is CCC#CC(CC(C)C)OC(=O)CCCCC(=O)OC(C#CCC)CC(C)C. The van der Waals surface area contributed by atoms with E-state index in [2.05, 4.69) is 51.4 Å². The summed E-state index contributed by atoms with van der Waals surface area (Å²) >= 11 is 0. The number of rotatable bonds is 11. The lowest BCUT2D eigenvalue weighted by atomic mass is 10.1. The lowest BCUT2D eigenvalue weighted by molar-refractivity contribution is -0.149. The Morgan fingerprint density at radius 3 is 1.36 bits per heavy atom. The molecule has 158 valence electrons. The first-order valence-corrected chi connectivity index (χ1v) is 10.6. The molecular weight excluding hydrogens is 352 g/mol. The first-order chi connectivity index (χ1) is 13.3. The predicted octanol–water partition coefficient (Wildman–Crippen LogP) is 5.29. The number of carbonyl (C=O) groups excluding carboxylic acids is 2. The van der Waals surface area contributed by atoms with Crippen molar-refractivity contribution in [1.82, 2.24) is 0 Å². The zero-order valence-electron chi connectivity index (χ0n) is 18.6. The maximum absolute atomic E-state index is 12.0. The molecule has 28 heavy (non-hydrogen) atoms. The lowest BCUT2D eigenvalue weighted by Gasteiger charge is -2.15. The third-order valence-corrected chi connectivity index (χ3v) is 3.81. The molecule has 0 spiro atoms. The number of esters is 2. The molecule has 4 heteroatoms. The average Bonchev–Trinajstić information content (AvgIpc) is 2.60. The smallest absolute Gasteiger partial charge is 0.307 e. The fraction of sp³-hybridized carbons (Fsp3) is 0.750. The minimum atomic E-state index is -0.341. The fourth-order valence-electron chi connectivity index (χ4n) is 2.53. The fourth-order valence-corrected chi connectivity index (χ4v) is 2.53. The van der Waals surface area contributed by atoms with Crippen LogP contribution in [0.15, 0.2) is 0 Å². The summed E-state index contributed by atoms with van der Waals surface area (Å²) in [4.78, 5) is 24.1. The first kappa shape index (κ1) is 26.1. The molecule has 0 aliphatic rings. The van der Waals surface area contributed by atoms with Gasteiger partial charge in [0.2, 0.25) is 0 Å². The maximum Gasteiger partial charge on any atom is 0.307 e. The molecule has 2 atom stereocenters. The van der Waals surface area contributed by atoms with Gasteiger partial charge in [-0.15, -0.1) is 0 Å². The van der Waals surface area contributed by atoms with Crippen molar-refractivity contribution >= 4 is 11.9 Å². The molecule has 2 unspecified atom stereocenters. The highest BCUT2D eigenvalue weighted by atomic mass is 16.5. The molecule has 0 radical (unpaired) electrons. The summed E-state index contributed by atoms with van der Waals surface area (Å²) in [6, 6.07) is 0. The van der Waals surface area contributed by atoms with Crippen LogP contribution in [0.5, 0.6) is 0 Å². The van der Waals surface area contributed by atoms with Gasteiger partial charge < -0.3 is 9.47 Å². The monoisotopic (exact) mass is 390 g/mol. The molecule has 0 amide bonds. The summed E-state index contributed by atoms with van der Waals surface area (Å²) in [5.74, 6) is 12.3. The van der Waals surface area contributed by atoms with Gasteiger partial charge in [0.15, 0.2) is 12.2 Å². The Kier molecular flexibility index (Phi) is 14.9. The Hall–Kier alpha value is -1.94. The van der Waals surface area contributed by atoms with E-state index < -0.39 is 0 Å². The molecule has 0 rings (SSSR count). The van der Waals surface area contributed by atoms with Gasteiger partial charge in [-0.2, -0.15) is 0 Å². The van der Waals surface area contributed by atoms with Crippen LogP contribution in [-0.4, -0.2) is 24.1 Å². The van der Waals surface area contributed by atoms with Crippen molar-refractivity contribution in [2.45, 2.75) is 105 Å². The van der Waals surface area contributed by atoms with Crippen molar-refractivity contribution in [3.05, 3.63) is 0 Å². The molecule has 0 aliphatic carbocycles. The van der Waals surface area contributed by atoms with Gasteiger partial charge in [-0.1, -0.05) is 65.2 Å². The zero-order chi connectivity index (χ0) is 21.4. The molecule has 0 aliphatic heterocycles. The molecule has 4 nitrogen and oxygen atoms in total. The van der Waals surface area contributed by atoms with Gasteiger partial charge in [-0.05, 0) is 37.5 Å². The van der Waals surface area contributed by atoms with Gasteiger partial charge in [0.1, 0.15) is 0 Å². The minimum absolute atomic E-state index is 0.254. The van der Waals surface area contributed by atoms with Gasteiger partial charge in [0.25, 0.3) is 0 Å². The molecule has 0 aromatic rings. The molecule has 0 N–H and O–H groups in total. The third-order valence-electron chi connectivity index (χ3n) is 3.81. The topological polar surface area (TPSA) is 52.6 Å². The molecule has 0 fully saturated rings. The van der Waals surface area contributed by atoms with Crippen LogP contribution in [0.2, 0.25) is 0 Å². The minimum Gasteiger partial charge on any atom is -0.449 e. The quantitative estimate of drug-likeness (QED) is 0.273. The van der Waals surface area contributed by atoms with Crippen LogP contribution >= 0.6 is 0 Å². The highest BCUT2D eigenvalue weighted by molar-refractivity contribution is 5.71. The van der Waals surface area contributed by atoms with Crippen molar-refractivity contribution < 1.29 is 19.1 Å². The third kappa shape index (κ3) is 15.2. The van der Waals surface area contributed by atoms with Crippen LogP contribution in [0, 0.1) is 35.5 Å². The molecule has 0 aromatic carbocycles. The lowest BCUT2D eigenvalue weighted by Crippen LogP contribution is -2.19. The van der Waals surface area contributed by atoms with Crippen molar-refractivity contribution in [3.8, 4) is 23.7 Å². The van der Waals surface area contributed by atoms with Crippen LogP contribution in [0.25, 0.3) is 0 Å². The van der Waals surface area contributed by atoms with Gasteiger partial charge in [0.05, 0.1) is 0 Å². The highest BCUT2D eigenvalue weighted by Crippen LogP contribution is 2.12. The van der Waals surface area contributed by atoms with Gasteiger partial charge in [-0.25, -0.2) is 0 Å². The largest absolute Gasteiger partial charge is 0.449 e. The second-order valence-corrected chi connectivity index (χ2v) is 7.77. The van der Waals surface area contributed by atoms with Crippen LogP contribution in [0.3, 0.4) is 0 Å². The number of carbonyl (C=O) groups is 2. The molecule has 0 aromatic heterocycles. The predicted molar refractivity (Wildman–Crippen MR) is 113 cm³/mol. The molecule has 0 saturated heterocycles. The second-order valence-electron chi connectivity index (χ2n) is 7.77. The van der Waals surface area contributed by atoms with E-state index in [-0.39, 0.29) is 24.1 Å². The van der Waals surface area contributed by atoms with Crippen molar-refractivity contribution in [3.63, 3.8) is 0 Å². The van der Waals surface area contributed by atoms with E-state index in [1.54, 1.807) is 0 Å². The Morgan fingerprint density at radius 1 is 0.714 bits per heavy atom. The van der Waals surface area contributed by atoms with Crippen LogP contribution in [0.4, 0.5) is 0 Å². The standard InChI is InChI=1S/C24H38O4/c1-7-9-13-21(17-19(3)4)27-23(25)15-11-12-16-24(26)28-22(14-10-8-2)18-20(5)6/h19-22H,7-8,11-12,15-18H2,1-6H3. The van der Waals surface area contributed by atoms with E-state index in [1.807, 2.05) is 13.8 Å². The van der Waals surface area contributed by atoms with Gasteiger partial charge in [-0.3, -0.25) is 9.59 Å². The van der Waals surface area contributed by atoms with E-state index in [0.717, 1.165) is 25.7 Å². The van der Waals surface area contributed by atoms with E-state index in [0.29, 0.717) is 37.5 Å². The number of hydrogen-bond acceptors (Lipinski definition) is 4. The molecule has 0 saturated carbocycles. The molecular formula is C24H38O4. The summed E-state index contributed by atoms with van der Waals surface area (Å²) in [5, 5.41) is 0. The van der Waals surface area contributed by atoms with E-state index in [4.69, 9.17) is 9.47 Å². The summed E-state index contributed by atoms with van der Waals surface area (Å²) in [6.45, 7) is 12.3. The van der Waals surface area contributed by atoms with Gasteiger partial charge >= 0.3 is 11.9 Å². The second kappa shape index (κ2) is 16.1. The van der Waals surface area contributed by atoms with Gasteiger partial charge in [0, 0.05) is 25.7 Å². The Morgan fingerprint density at radius 2 is 1.07 bits per heavy atom. The zero-order valence-corrected chi connectivity index (χ0v) is 18.6. The van der Waals surface area contributed by atoms with Crippen LogP contribution < -0.4 is 0 Å². The molecule has 0 bridgehead atoms. The summed E-state index contributed by atoms with van der Waals surface area (Å²) < 4.78 is 11.0. The Bertz CT molecular complexity index is 517. The summed E-state index contributed by atoms with van der Waals surface area (Å²) in [5.41, 5.74) is 0. The normalized spacial score (nSPS) is 12.4. The van der Waals surface area contributed by atoms with Crippen molar-refractivity contribution in [1.29, 1.82) is 0 Å². The van der Waals surface area contributed by atoms with Crippen molar-refractivity contribution in [2.24, 2.45) is 11.8 Å². The molecule has 0 heterocycles.